The summed E-state index contributed by atoms with van der Waals surface area (Å²) in [6.45, 7) is 1.97. The molecule has 0 saturated heterocycles. The van der Waals surface area contributed by atoms with Gasteiger partial charge in [-0.15, -0.1) is 0 Å². The number of nitrogens with one attached hydrogen (secondary N) is 1. The van der Waals surface area contributed by atoms with Crippen LogP contribution in [-0.4, -0.2) is 27.8 Å². The molecule has 1 N–H and O–H groups in total. The third-order valence-corrected chi connectivity index (χ3v) is 4.82. The molecule has 0 spiro atoms. The number of carbonyl (C=O) groups is 1. The minimum Gasteiger partial charge on any atom is -0.339 e. The van der Waals surface area contributed by atoms with Gasteiger partial charge in [0.15, 0.2) is 0 Å². The summed E-state index contributed by atoms with van der Waals surface area (Å²) >= 11 is 5.91. The van der Waals surface area contributed by atoms with Crippen LogP contribution in [0.25, 0.3) is 10.9 Å². The van der Waals surface area contributed by atoms with E-state index in [2.05, 4.69) is 9.97 Å². The van der Waals surface area contributed by atoms with E-state index in [9.17, 15) is 9.59 Å². The van der Waals surface area contributed by atoms with E-state index < -0.39 is 0 Å². The van der Waals surface area contributed by atoms with E-state index in [-0.39, 0.29) is 23.9 Å². The molecule has 2 aromatic carbocycles. The first-order valence-corrected chi connectivity index (χ1v) is 8.82. The van der Waals surface area contributed by atoms with Crippen LogP contribution >= 0.6 is 11.6 Å². The first kappa shape index (κ1) is 18.1. The number of aromatic amines is 1. The second-order valence-corrected chi connectivity index (χ2v) is 6.70. The Labute approximate surface area is 156 Å². The molecule has 6 heteroatoms. The second-order valence-electron chi connectivity index (χ2n) is 6.26. The van der Waals surface area contributed by atoms with Crippen molar-refractivity contribution in [1.29, 1.82) is 0 Å². The molecule has 0 bridgehead atoms. The third kappa shape index (κ3) is 3.94. The lowest BCUT2D eigenvalue weighted by Gasteiger charge is -2.25. The number of nitrogens with zero attached hydrogens (tertiary/aromatic N) is 2. The molecule has 0 radical (unpaired) electrons. The van der Waals surface area contributed by atoms with Gasteiger partial charge in [-0.3, -0.25) is 9.59 Å². The molecule has 3 aromatic rings. The lowest BCUT2D eigenvalue weighted by atomic mass is 10.1. The maximum atomic E-state index is 12.5. The van der Waals surface area contributed by atoms with Crippen LogP contribution in [0.5, 0.6) is 0 Å². The molecular weight excluding hydrogens is 350 g/mol. The van der Waals surface area contributed by atoms with E-state index in [4.69, 9.17) is 11.6 Å². The van der Waals surface area contributed by atoms with Gasteiger partial charge in [0.1, 0.15) is 5.82 Å². The molecule has 1 heterocycles. The van der Waals surface area contributed by atoms with E-state index >= 15 is 0 Å². The summed E-state index contributed by atoms with van der Waals surface area (Å²) in [7, 11) is 1.78. The van der Waals surface area contributed by atoms with Crippen molar-refractivity contribution in [2.75, 3.05) is 7.05 Å². The van der Waals surface area contributed by atoms with Crippen LogP contribution in [0.4, 0.5) is 0 Å². The molecule has 3 rings (SSSR count). The molecule has 0 aliphatic heterocycles. The second kappa shape index (κ2) is 7.70. The highest BCUT2D eigenvalue weighted by Crippen LogP contribution is 2.21. The summed E-state index contributed by atoms with van der Waals surface area (Å²) in [5.41, 5.74) is 1.48. The zero-order valence-electron chi connectivity index (χ0n) is 14.7. The van der Waals surface area contributed by atoms with Gasteiger partial charge in [-0.05, 0) is 36.8 Å². The van der Waals surface area contributed by atoms with Gasteiger partial charge in [0.2, 0.25) is 5.91 Å². The average molecular weight is 370 g/mol. The summed E-state index contributed by atoms with van der Waals surface area (Å²) in [5, 5.41) is 1.22. The molecule has 26 heavy (non-hydrogen) atoms. The Morgan fingerprint density at radius 1 is 1.19 bits per heavy atom. The summed E-state index contributed by atoms with van der Waals surface area (Å²) < 4.78 is 0. The van der Waals surface area contributed by atoms with E-state index in [0.29, 0.717) is 28.2 Å². The van der Waals surface area contributed by atoms with Gasteiger partial charge in [0.25, 0.3) is 5.56 Å². The molecule has 0 aliphatic rings. The van der Waals surface area contributed by atoms with Crippen LogP contribution in [0.1, 0.15) is 30.8 Å². The Hall–Kier alpha value is -2.66. The Bertz CT molecular complexity index is 982. The van der Waals surface area contributed by atoms with Gasteiger partial charge >= 0.3 is 0 Å². The van der Waals surface area contributed by atoms with E-state index in [1.54, 1.807) is 30.1 Å². The SMILES string of the molecule is CC(c1ccc(Cl)cc1)N(C)C(=O)CCc1nc2ccccc2c(=O)[nH]1. The van der Waals surface area contributed by atoms with E-state index in [0.717, 1.165) is 5.56 Å². The standard InChI is InChI=1S/C20H20ClN3O2/c1-13(14-7-9-15(21)10-8-14)24(2)19(25)12-11-18-22-17-6-4-3-5-16(17)20(26)23-18/h3-10,13H,11-12H2,1-2H3,(H,22,23,26). The van der Waals surface area contributed by atoms with Crippen molar-refractivity contribution in [3.05, 3.63) is 75.3 Å². The first-order chi connectivity index (χ1) is 12.5. The van der Waals surface area contributed by atoms with Gasteiger partial charge in [-0.1, -0.05) is 35.9 Å². The molecule has 0 saturated carbocycles. The van der Waals surface area contributed by atoms with Gasteiger partial charge in [-0.2, -0.15) is 0 Å². The number of carbonyl (C=O) groups excluding carboxylic acids is 1. The monoisotopic (exact) mass is 369 g/mol. The van der Waals surface area contributed by atoms with Crippen LogP contribution in [0.2, 0.25) is 5.02 Å². The molecule has 1 aromatic heterocycles. The van der Waals surface area contributed by atoms with Crippen molar-refractivity contribution in [2.24, 2.45) is 0 Å². The largest absolute Gasteiger partial charge is 0.339 e. The Morgan fingerprint density at radius 2 is 1.88 bits per heavy atom. The molecule has 134 valence electrons. The fraction of sp³-hybridized carbons (Fsp3) is 0.250. The highest BCUT2D eigenvalue weighted by molar-refractivity contribution is 6.30. The minimum absolute atomic E-state index is 0.0109. The summed E-state index contributed by atoms with van der Waals surface area (Å²) in [4.78, 5) is 33.5. The fourth-order valence-electron chi connectivity index (χ4n) is 2.84. The van der Waals surface area contributed by atoms with Crippen LogP contribution in [-0.2, 0) is 11.2 Å². The summed E-state index contributed by atoms with van der Waals surface area (Å²) in [5.74, 6) is 0.512. The number of benzene rings is 2. The first-order valence-electron chi connectivity index (χ1n) is 8.45. The maximum absolute atomic E-state index is 12.5. The highest BCUT2D eigenvalue weighted by Gasteiger charge is 2.17. The molecule has 1 unspecified atom stereocenters. The van der Waals surface area contributed by atoms with Crippen molar-refractivity contribution in [3.8, 4) is 0 Å². The zero-order valence-corrected chi connectivity index (χ0v) is 15.5. The molecular formula is C20H20ClN3O2. The normalized spacial score (nSPS) is 12.1. The van der Waals surface area contributed by atoms with Crippen LogP contribution in [0.15, 0.2) is 53.3 Å². The number of hydrogen-bond donors (Lipinski definition) is 1. The van der Waals surface area contributed by atoms with Gasteiger partial charge in [0, 0.05) is 24.9 Å². The maximum Gasteiger partial charge on any atom is 0.258 e. The van der Waals surface area contributed by atoms with Crippen molar-refractivity contribution >= 4 is 28.4 Å². The highest BCUT2D eigenvalue weighted by atomic mass is 35.5. The van der Waals surface area contributed by atoms with Crippen LogP contribution in [0, 0.1) is 0 Å². The van der Waals surface area contributed by atoms with Crippen molar-refractivity contribution in [2.45, 2.75) is 25.8 Å². The van der Waals surface area contributed by atoms with E-state index in [1.807, 2.05) is 37.3 Å². The van der Waals surface area contributed by atoms with E-state index in [1.165, 1.54) is 0 Å². The summed E-state index contributed by atoms with van der Waals surface area (Å²) in [6, 6.07) is 14.6. The number of para-hydroxylation sites is 1. The molecule has 0 aliphatic carbocycles. The van der Waals surface area contributed by atoms with Gasteiger partial charge in [-0.25, -0.2) is 4.98 Å². The molecule has 5 nitrogen and oxygen atoms in total. The Kier molecular flexibility index (Phi) is 5.38. The Morgan fingerprint density at radius 3 is 2.62 bits per heavy atom. The predicted molar refractivity (Wildman–Crippen MR) is 103 cm³/mol. The quantitative estimate of drug-likeness (QED) is 0.745. The number of halogens is 1. The number of amides is 1. The van der Waals surface area contributed by atoms with Crippen molar-refractivity contribution in [1.82, 2.24) is 14.9 Å². The number of hydrogen-bond acceptors (Lipinski definition) is 3. The molecule has 1 amide bonds. The van der Waals surface area contributed by atoms with Crippen LogP contribution < -0.4 is 5.56 Å². The molecule has 1 atom stereocenters. The van der Waals surface area contributed by atoms with Crippen LogP contribution in [0.3, 0.4) is 0 Å². The molecule has 0 fully saturated rings. The number of aryl methyl sites for hydroxylation is 1. The summed E-state index contributed by atoms with van der Waals surface area (Å²) in [6.07, 6.45) is 0.659. The van der Waals surface area contributed by atoms with Gasteiger partial charge < -0.3 is 9.88 Å². The topological polar surface area (TPSA) is 66.1 Å². The van der Waals surface area contributed by atoms with Crippen molar-refractivity contribution < 1.29 is 4.79 Å². The third-order valence-electron chi connectivity index (χ3n) is 4.56. The number of H-pyrrole nitrogens is 1. The lowest BCUT2D eigenvalue weighted by Crippen LogP contribution is -2.30. The number of aromatic nitrogens is 2. The zero-order chi connectivity index (χ0) is 18.7. The smallest absolute Gasteiger partial charge is 0.258 e. The van der Waals surface area contributed by atoms with Crippen molar-refractivity contribution in [3.63, 3.8) is 0 Å². The van der Waals surface area contributed by atoms with Gasteiger partial charge in [0.05, 0.1) is 16.9 Å². The fourth-order valence-corrected chi connectivity index (χ4v) is 2.96. The predicted octanol–water partition coefficient (Wildman–Crippen LogP) is 3.73. The number of fused-ring (bicyclic) bond motifs is 1. The number of rotatable bonds is 5. The lowest BCUT2D eigenvalue weighted by molar-refractivity contribution is -0.131. The average Bonchev–Trinajstić information content (AvgIpc) is 2.65. The Balaban J connectivity index is 1.68. The minimum atomic E-state index is -0.180.